The number of aromatic hydroxyl groups is 1. The third kappa shape index (κ3) is 4.25. The van der Waals surface area contributed by atoms with Crippen molar-refractivity contribution < 1.29 is 18.1 Å². The summed E-state index contributed by atoms with van der Waals surface area (Å²) < 4.78 is 31.5. The van der Waals surface area contributed by atoms with Crippen molar-refractivity contribution in [2.45, 2.75) is 4.90 Å². The molecule has 0 fully saturated rings. The maximum absolute atomic E-state index is 11.2. The minimum atomic E-state index is -4.29. The Morgan fingerprint density at radius 2 is 1.58 bits per heavy atom. The van der Waals surface area contributed by atoms with Crippen molar-refractivity contribution in [1.82, 2.24) is 0 Å². The summed E-state index contributed by atoms with van der Waals surface area (Å²) in [6, 6.07) is 16.0. The van der Waals surface area contributed by atoms with E-state index in [0.29, 0.717) is 16.5 Å². The van der Waals surface area contributed by atoms with Crippen molar-refractivity contribution in [3.05, 3.63) is 60.7 Å². The molecular formula is C16H12BaN2O4S+2. The largest absolute Gasteiger partial charge is 2.00 e. The average Bonchev–Trinajstić information content (AvgIpc) is 2.53. The predicted octanol–water partition coefficient (Wildman–Crippen LogP) is 3.83. The molecule has 3 rings (SSSR count). The van der Waals surface area contributed by atoms with E-state index >= 15 is 0 Å². The van der Waals surface area contributed by atoms with Crippen LogP contribution in [0.3, 0.4) is 0 Å². The van der Waals surface area contributed by atoms with Gasteiger partial charge in [0.05, 0.1) is 10.6 Å². The van der Waals surface area contributed by atoms with Gasteiger partial charge < -0.3 is 5.11 Å². The fourth-order valence-electron chi connectivity index (χ4n) is 2.15. The Kier molecular flexibility index (Phi) is 6.21. The monoisotopic (exact) mass is 466 g/mol. The van der Waals surface area contributed by atoms with Gasteiger partial charge in [-0.25, -0.2) is 0 Å². The van der Waals surface area contributed by atoms with E-state index in [-0.39, 0.29) is 65.2 Å². The molecular weight excluding hydrogens is 454 g/mol. The van der Waals surface area contributed by atoms with E-state index in [0.717, 1.165) is 0 Å². The maximum Gasteiger partial charge on any atom is 2.00 e. The Hall–Kier alpha value is -1.20. The van der Waals surface area contributed by atoms with Crippen molar-refractivity contribution in [1.29, 1.82) is 0 Å². The molecule has 0 amide bonds. The number of hydrogen-bond donors (Lipinski definition) is 2. The standard InChI is InChI=1S/C16H12N2O4S.Ba/c19-15-9-6-11-10-13(23(20,21)22)7-8-14(11)16(15)18-17-12-4-2-1-3-5-12;/h1-10,19H,(H,20,21,22);/q;+2. The van der Waals surface area contributed by atoms with E-state index in [1.54, 1.807) is 18.2 Å². The number of benzene rings is 3. The number of phenols is 1. The number of hydrogen-bond acceptors (Lipinski definition) is 5. The SMILES string of the molecule is O=S(=O)(O)c1ccc2c(N=Nc3ccccc3)c(O)ccc2c1.[Ba+2]. The van der Waals surface area contributed by atoms with Gasteiger partial charge in [0, 0.05) is 5.39 Å². The van der Waals surface area contributed by atoms with Crippen LogP contribution in [0, 0.1) is 0 Å². The van der Waals surface area contributed by atoms with Crippen LogP contribution < -0.4 is 0 Å². The molecule has 0 radical (unpaired) electrons. The second-order valence-electron chi connectivity index (χ2n) is 4.83. The Morgan fingerprint density at radius 3 is 2.25 bits per heavy atom. The van der Waals surface area contributed by atoms with E-state index < -0.39 is 10.1 Å². The third-order valence-corrected chi connectivity index (χ3v) is 4.11. The van der Waals surface area contributed by atoms with Gasteiger partial charge in [0.25, 0.3) is 10.1 Å². The van der Waals surface area contributed by atoms with Crippen LogP contribution in [0.1, 0.15) is 0 Å². The molecule has 0 heterocycles. The van der Waals surface area contributed by atoms with Crippen LogP contribution in [0.5, 0.6) is 5.75 Å². The van der Waals surface area contributed by atoms with Gasteiger partial charge in [-0.2, -0.15) is 13.5 Å². The minimum absolute atomic E-state index is 0. The summed E-state index contributed by atoms with van der Waals surface area (Å²) in [5, 5.41) is 19.1. The van der Waals surface area contributed by atoms with E-state index in [1.807, 2.05) is 18.2 Å². The topological polar surface area (TPSA) is 99.3 Å². The van der Waals surface area contributed by atoms with Crippen LogP contribution in [0.25, 0.3) is 10.8 Å². The van der Waals surface area contributed by atoms with Gasteiger partial charge in [-0.1, -0.05) is 30.3 Å². The van der Waals surface area contributed by atoms with E-state index in [4.69, 9.17) is 4.55 Å². The Balaban J connectivity index is 0.00000208. The number of nitrogens with zero attached hydrogens (tertiary/aromatic N) is 2. The zero-order valence-corrected chi connectivity index (χ0v) is 17.8. The van der Waals surface area contributed by atoms with Crippen LogP contribution in [0.4, 0.5) is 11.4 Å². The van der Waals surface area contributed by atoms with Crippen molar-refractivity contribution in [2.75, 3.05) is 0 Å². The normalized spacial score (nSPS) is 11.5. The van der Waals surface area contributed by atoms with Crippen LogP contribution in [0.2, 0.25) is 0 Å². The van der Waals surface area contributed by atoms with Gasteiger partial charge in [0.15, 0.2) is 0 Å². The second-order valence-corrected chi connectivity index (χ2v) is 6.25. The summed E-state index contributed by atoms with van der Waals surface area (Å²) >= 11 is 0. The first kappa shape index (κ1) is 19.1. The van der Waals surface area contributed by atoms with Crippen molar-refractivity contribution in [3.63, 3.8) is 0 Å². The first-order valence-electron chi connectivity index (χ1n) is 6.65. The first-order valence-corrected chi connectivity index (χ1v) is 8.09. The molecule has 0 aliphatic rings. The molecule has 116 valence electrons. The Morgan fingerprint density at radius 1 is 0.875 bits per heavy atom. The quantitative estimate of drug-likeness (QED) is 0.349. The molecule has 0 saturated heterocycles. The number of fused-ring (bicyclic) bond motifs is 1. The Bertz CT molecular complexity index is 1010. The summed E-state index contributed by atoms with van der Waals surface area (Å²) in [5.41, 5.74) is 0.853. The molecule has 3 aromatic rings. The number of azo groups is 1. The number of rotatable bonds is 3. The first-order chi connectivity index (χ1) is 10.9. The fraction of sp³-hybridized carbons (Fsp3) is 0. The minimum Gasteiger partial charge on any atom is -0.506 e. The van der Waals surface area contributed by atoms with E-state index in [2.05, 4.69) is 10.2 Å². The van der Waals surface area contributed by atoms with Gasteiger partial charge in [0.2, 0.25) is 0 Å². The summed E-state index contributed by atoms with van der Waals surface area (Å²) in [6.45, 7) is 0. The van der Waals surface area contributed by atoms with Gasteiger partial charge in [-0.3, -0.25) is 4.55 Å². The van der Waals surface area contributed by atoms with Gasteiger partial charge >= 0.3 is 48.9 Å². The van der Waals surface area contributed by atoms with E-state index in [9.17, 15) is 13.5 Å². The van der Waals surface area contributed by atoms with E-state index in [1.165, 1.54) is 24.3 Å². The molecule has 3 aromatic carbocycles. The fourth-order valence-corrected chi connectivity index (χ4v) is 2.66. The average molecular weight is 466 g/mol. The van der Waals surface area contributed by atoms with Crippen molar-refractivity contribution >= 4 is 81.1 Å². The molecule has 0 aliphatic heterocycles. The molecule has 0 aromatic heterocycles. The molecule has 6 nitrogen and oxygen atoms in total. The van der Waals surface area contributed by atoms with Crippen LogP contribution in [0.15, 0.2) is 75.8 Å². The molecule has 24 heavy (non-hydrogen) atoms. The second kappa shape index (κ2) is 7.79. The molecule has 0 unspecified atom stereocenters. The smallest absolute Gasteiger partial charge is 0.506 e. The summed E-state index contributed by atoms with van der Waals surface area (Å²) in [5.74, 6) is -0.0724. The molecule has 0 aliphatic carbocycles. The molecule has 0 spiro atoms. The molecule has 0 saturated carbocycles. The summed E-state index contributed by atoms with van der Waals surface area (Å²) in [7, 11) is -4.29. The van der Waals surface area contributed by atoms with Crippen LogP contribution >= 0.6 is 0 Å². The van der Waals surface area contributed by atoms with Crippen molar-refractivity contribution in [2.24, 2.45) is 10.2 Å². The molecule has 8 heteroatoms. The molecule has 0 bridgehead atoms. The van der Waals surface area contributed by atoms with Gasteiger partial charge in [0.1, 0.15) is 11.4 Å². The molecule has 0 atom stereocenters. The summed E-state index contributed by atoms with van der Waals surface area (Å²) in [6.07, 6.45) is 0. The summed E-state index contributed by atoms with van der Waals surface area (Å²) in [4.78, 5) is -0.221. The molecule has 2 N–H and O–H groups in total. The van der Waals surface area contributed by atoms with Crippen LogP contribution in [-0.4, -0.2) is 67.0 Å². The third-order valence-electron chi connectivity index (χ3n) is 3.26. The van der Waals surface area contributed by atoms with Gasteiger partial charge in [-0.05, 0) is 35.7 Å². The van der Waals surface area contributed by atoms with Crippen LogP contribution in [-0.2, 0) is 10.1 Å². The van der Waals surface area contributed by atoms with Gasteiger partial charge in [-0.15, -0.1) is 5.11 Å². The number of phenolic OH excluding ortho intramolecular Hbond substituents is 1. The zero-order chi connectivity index (χ0) is 16.4. The zero-order valence-electron chi connectivity index (χ0n) is 12.5. The Labute approximate surface area is 179 Å². The van der Waals surface area contributed by atoms with Crippen molar-refractivity contribution in [3.8, 4) is 5.75 Å². The predicted molar refractivity (Wildman–Crippen MR) is 91.8 cm³/mol. The maximum atomic E-state index is 11.2.